The smallest absolute Gasteiger partial charge is 0.258 e. The zero-order valence-electron chi connectivity index (χ0n) is 6.53. The van der Waals surface area contributed by atoms with Crippen molar-refractivity contribution in [3.8, 4) is 0 Å². The number of nitro groups is 1. The number of halogens is 2. The molecule has 14 heavy (non-hydrogen) atoms. The summed E-state index contributed by atoms with van der Waals surface area (Å²) in [5, 5.41) is 10.3. The highest BCUT2D eigenvalue weighted by molar-refractivity contribution is 9.10. The molecule has 0 spiro atoms. The number of aliphatic imine (C=N–C) groups is 1. The fourth-order valence-electron chi connectivity index (χ4n) is 0.801. The number of hydrogen-bond donors (Lipinski definition) is 0. The number of hydrogen-bond acceptors (Lipinski definition) is 4. The van der Waals surface area contributed by atoms with Crippen molar-refractivity contribution in [2.45, 2.75) is 0 Å². The summed E-state index contributed by atoms with van der Waals surface area (Å²) in [6, 6.07) is 1.72. The van der Waals surface area contributed by atoms with Gasteiger partial charge in [0, 0.05) is 0 Å². The molecular formula is C7H2BrFN2O3. The average Bonchev–Trinajstić information content (AvgIpc) is 2.10. The van der Waals surface area contributed by atoms with E-state index in [1.807, 2.05) is 0 Å². The second-order valence-electron chi connectivity index (χ2n) is 2.22. The van der Waals surface area contributed by atoms with Gasteiger partial charge in [0.1, 0.15) is 5.69 Å². The molecule has 0 unspecified atom stereocenters. The van der Waals surface area contributed by atoms with E-state index in [2.05, 4.69) is 20.9 Å². The van der Waals surface area contributed by atoms with Crippen LogP contribution in [0.25, 0.3) is 0 Å². The predicted molar refractivity (Wildman–Crippen MR) is 48.5 cm³/mol. The Hall–Kier alpha value is -1.59. The molecule has 0 atom stereocenters. The second kappa shape index (κ2) is 4.08. The summed E-state index contributed by atoms with van der Waals surface area (Å²) in [5.74, 6) is -0.941. The lowest BCUT2D eigenvalue weighted by Crippen LogP contribution is -1.90. The van der Waals surface area contributed by atoms with Crippen molar-refractivity contribution >= 4 is 33.4 Å². The molecule has 0 amide bonds. The molecule has 0 saturated carbocycles. The van der Waals surface area contributed by atoms with Gasteiger partial charge in [-0.25, -0.2) is 9.18 Å². The molecule has 0 aliphatic rings. The molecule has 0 saturated heterocycles. The van der Waals surface area contributed by atoms with Crippen LogP contribution in [0.2, 0.25) is 0 Å². The lowest BCUT2D eigenvalue weighted by atomic mass is 10.3. The van der Waals surface area contributed by atoms with Crippen LogP contribution in [-0.4, -0.2) is 11.0 Å². The minimum Gasteiger partial charge on any atom is -0.258 e. The molecule has 0 aliphatic carbocycles. The molecule has 0 aliphatic heterocycles. The van der Waals surface area contributed by atoms with E-state index in [-0.39, 0.29) is 10.2 Å². The average molecular weight is 261 g/mol. The van der Waals surface area contributed by atoms with E-state index in [0.29, 0.717) is 6.07 Å². The highest BCUT2D eigenvalue weighted by atomic mass is 79.9. The van der Waals surface area contributed by atoms with Gasteiger partial charge in [-0.1, -0.05) is 0 Å². The minimum absolute atomic E-state index is 0.0536. The second-order valence-corrected chi connectivity index (χ2v) is 3.07. The molecule has 5 nitrogen and oxygen atoms in total. The van der Waals surface area contributed by atoms with Crippen molar-refractivity contribution in [1.29, 1.82) is 0 Å². The third-order valence-corrected chi connectivity index (χ3v) is 2.01. The molecule has 0 aromatic heterocycles. The molecule has 72 valence electrons. The van der Waals surface area contributed by atoms with Gasteiger partial charge in [0.05, 0.1) is 15.5 Å². The Balaban J connectivity index is 3.37. The predicted octanol–water partition coefficient (Wildman–Crippen LogP) is 2.46. The molecule has 0 fully saturated rings. The van der Waals surface area contributed by atoms with Gasteiger partial charge >= 0.3 is 0 Å². The molecule has 7 heteroatoms. The number of rotatable bonds is 2. The van der Waals surface area contributed by atoms with Crippen molar-refractivity contribution in [2.24, 2.45) is 4.99 Å². The van der Waals surface area contributed by atoms with Crippen LogP contribution in [0.1, 0.15) is 0 Å². The maximum Gasteiger partial charge on any atom is 0.286 e. The molecular weight excluding hydrogens is 259 g/mol. The highest BCUT2D eigenvalue weighted by Gasteiger charge is 2.16. The van der Waals surface area contributed by atoms with E-state index < -0.39 is 16.4 Å². The zero-order chi connectivity index (χ0) is 10.7. The molecule has 1 aromatic rings. The first kappa shape index (κ1) is 10.5. The summed E-state index contributed by atoms with van der Waals surface area (Å²) in [6.45, 7) is 0. The first-order valence-corrected chi connectivity index (χ1v) is 4.07. The Morgan fingerprint density at radius 3 is 2.71 bits per heavy atom. The fourth-order valence-corrected chi connectivity index (χ4v) is 1.28. The lowest BCUT2D eigenvalue weighted by Gasteiger charge is -1.97. The summed E-state index contributed by atoms with van der Waals surface area (Å²) < 4.78 is 13.0. The summed E-state index contributed by atoms with van der Waals surface area (Å²) in [4.78, 5) is 22.5. The van der Waals surface area contributed by atoms with E-state index in [9.17, 15) is 19.3 Å². The van der Waals surface area contributed by atoms with Gasteiger partial charge in [-0.15, -0.1) is 0 Å². The van der Waals surface area contributed by atoms with E-state index in [1.165, 1.54) is 0 Å². The molecule has 1 rings (SSSR count). The van der Waals surface area contributed by atoms with Crippen LogP contribution in [0, 0.1) is 15.9 Å². The Labute approximate surface area is 85.5 Å². The van der Waals surface area contributed by atoms with Gasteiger partial charge < -0.3 is 0 Å². The van der Waals surface area contributed by atoms with Crippen molar-refractivity contribution in [1.82, 2.24) is 0 Å². The van der Waals surface area contributed by atoms with Gasteiger partial charge in [0.15, 0.2) is 5.82 Å². The molecule has 1 aromatic carbocycles. The van der Waals surface area contributed by atoms with Crippen molar-refractivity contribution < 1.29 is 14.1 Å². The number of isocyanates is 1. The van der Waals surface area contributed by atoms with Crippen LogP contribution in [0.15, 0.2) is 21.6 Å². The Bertz CT molecular complexity index is 415. The summed E-state index contributed by atoms with van der Waals surface area (Å²) in [6.07, 6.45) is 1.15. The maximum atomic E-state index is 13.0. The van der Waals surface area contributed by atoms with Gasteiger partial charge in [0.25, 0.3) is 5.69 Å². The van der Waals surface area contributed by atoms with Crippen molar-refractivity contribution in [2.75, 3.05) is 0 Å². The fraction of sp³-hybridized carbons (Fsp3) is 0. The zero-order valence-corrected chi connectivity index (χ0v) is 8.12. The molecule has 0 heterocycles. The number of nitrogens with zero attached hydrogens (tertiary/aromatic N) is 2. The summed E-state index contributed by atoms with van der Waals surface area (Å²) >= 11 is 2.85. The van der Waals surface area contributed by atoms with Crippen LogP contribution in [-0.2, 0) is 4.79 Å². The lowest BCUT2D eigenvalue weighted by molar-refractivity contribution is -0.385. The number of nitro benzene ring substituents is 1. The largest absolute Gasteiger partial charge is 0.286 e. The van der Waals surface area contributed by atoms with Crippen LogP contribution in [0.5, 0.6) is 0 Å². The topological polar surface area (TPSA) is 72.6 Å². The third kappa shape index (κ3) is 2.01. The first-order valence-electron chi connectivity index (χ1n) is 3.27. The maximum absolute atomic E-state index is 13.0. The van der Waals surface area contributed by atoms with E-state index >= 15 is 0 Å². The number of carbonyl (C=O) groups excluding carboxylic acids is 1. The van der Waals surface area contributed by atoms with Crippen molar-refractivity contribution in [3.63, 3.8) is 0 Å². The normalized spacial score (nSPS) is 9.29. The molecule has 0 bridgehead atoms. The summed E-state index contributed by atoms with van der Waals surface area (Å²) in [5.41, 5.74) is -0.718. The van der Waals surface area contributed by atoms with E-state index in [1.54, 1.807) is 0 Å². The van der Waals surface area contributed by atoms with Crippen LogP contribution in [0.3, 0.4) is 0 Å². The van der Waals surface area contributed by atoms with Gasteiger partial charge in [-0.3, -0.25) is 10.1 Å². The SMILES string of the molecule is O=C=Nc1cc(Br)c([N+](=O)[O-])cc1F. The minimum atomic E-state index is -0.941. The Kier molecular flexibility index (Phi) is 3.06. The monoisotopic (exact) mass is 260 g/mol. The van der Waals surface area contributed by atoms with Crippen LogP contribution >= 0.6 is 15.9 Å². The Morgan fingerprint density at radius 1 is 1.57 bits per heavy atom. The van der Waals surface area contributed by atoms with Gasteiger partial charge in [-0.05, 0) is 22.0 Å². The van der Waals surface area contributed by atoms with E-state index in [0.717, 1.165) is 12.1 Å². The number of benzene rings is 1. The molecule has 0 radical (unpaired) electrons. The molecule has 0 N–H and O–H groups in total. The Morgan fingerprint density at radius 2 is 2.21 bits per heavy atom. The first-order chi connectivity index (χ1) is 6.56. The van der Waals surface area contributed by atoms with E-state index in [4.69, 9.17) is 0 Å². The third-order valence-electron chi connectivity index (χ3n) is 1.38. The van der Waals surface area contributed by atoms with Crippen LogP contribution < -0.4 is 0 Å². The quantitative estimate of drug-likeness (QED) is 0.355. The summed E-state index contributed by atoms with van der Waals surface area (Å²) in [7, 11) is 0. The van der Waals surface area contributed by atoms with Crippen LogP contribution in [0.4, 0.5) is 15.8 Å². The highest BCUT2D eigenvalue weighted by Crippen LogP contribution is 2.31. The van der Waals surface area contributed by atoms with Gasteiger partial charge in [0.2, 0.25) is 6.08 Å². The van der Waals surface area contributed by atoms with Crippen molar-refractivity contribution in [3.05, 3.63) is 32.5 Å². The standard InChI is InChI=1S/C7H2BrFN2O3/c8-4-1-6(10-3-12)5(9)2-7(4)11(13)14/h1-2H. The van der Waals surface area contributed by atoms with Gasteiger partial charge in [-0.2, -0.15) is 4.99 Å².